The number of rotatable bonds is 5. The molecule has 7 nitrogen and oxygen atoms in total. The van der Waals surface area contributed by atoms with E-state index in [0.29, 0.717) is 24.5 Å². The molecule has 0 unspecified atom stereocenters. The van der Waals surface area contributed by atoms with Crippen LogP contribution in [0.15, 0.2) is 12.4 Å². The Bertz CT molecular complexity index is 612. The van der Waals surface area contributed by atoms with Gasteiger partial charge in [-0.3, -0.25) is 14.2 Å². The van der Waals surface area contributed by atoms with Gasteiger partial charge in [0.15, 0.2) is 0 Å². The maximum atomic E-state index is 12.2. The molecule has 108 valence electrons. The lowest BCUT2D eigenvalue weighted by atomic mass is 10.2. The van der Waals surface area contributed by atoms with Gasteiger partial charge in [0, 0.05) is 30.9 Å². The van der Waals surface area contributed by atoms with Gasteiger partial charge >= 0.3 is 0 Å². The van der Waals surface area contributed by atoms with Gasteiger partial charge in [0.1, 0.15) is 5.69 Å². The molecule has 0 aliphatic carbocycles. The van der Waals surface area contributed by atoms with Crippen LogP contribution in [-0.4, -0.2) is 25.5 Å². The zero-order valence-electron chi connectivity index (χ0n) is 12.1. The quantitative estimate of drug-likeness (QED) is 0.850. The van der Waals surface area contributed by atoms with Crippen LogP contribution in [0.2, 0.25) is 0 Å². The van der Waals surface area contributed by atoms with Crippen molar-refractivity contribution in [3.05, 3.63) is 29.3 Å². The first-order valence-corrected chi connectivity index (χ1v) is 6.69. The zero-order valence-corrected chi connectivity index (χ0v) is 12.1. The molecule has 0 aliphatic heterocycles. The lowest BCUT2D eigenvalue weighted by Gasteiger charge is -2.08. The van der Waals surface area contributed by atoms with E-state index >= 15 is 0 Å². The van der Waals surface area contributed by atoms with E-state index in [-0.39, 0.29) is 5.91 Å². The minimum atomic E-state index is -0.217. The summed E-state index contributed by atoms with van der Waals surface area (Å²) in [7, 11) is 0. The summed E-state index contributed by atoms with van der Waals surface area (Å²) in [5.74, 6) is -0.217. The van der Waals surface area contributed by atoms with Crippen LogP contribution in [-0.2, 0) is 19.6 Å². The van der Waals surface area contributed by atoms with Crippen LogP contribution >= 0.6 is 0 Å². The van der Waals surface area contributed by atoms with E-state index in [0.717, 1.165) is 17.8 Å². The van der Waals surface area contributed by atoms with E-state index < -0.39 is 0 Å². The van der Waals surface area contributed by atoms with Gasteiger partial charge in [0.2, 0.25) is 0 Å². The Morgan fingerprint density at radius 3 is 2.50 bits per heavy atom. The Balaban J connectivity index is 2.08. The average Bonchev–Trinajstić information content (AvgIpc) is 2.99. The van der Waals surface area contributed by atoms with E-state index in [1.54, 1.807) is 10.9 Å². The molecule has 0 aliphatic rings. The normalized spacial score (nSPS) is 10.8. The number of nitrogen functional groups attached to an aromatic ring is 1. The number of carbonyl (C=O) groups is 1. The molecular weight excluding hydrogens is 256 g/mol. The summed E-state index contributed by atoms with van der Waals surface area (Å²) in [4.78, 5) is 12.2. The summed E-state index contributed by atoms with van der Waals surface area (Å²) < 4.78 is 3.49. The number of aromatic nitrogens is 4. The van der Waals surface area contributed by atoms with Crippen molar-refractivity contribution in [1.82, 2.24) is 24.9 Å². The summed E-state index contributed by atoms with van der Waals surface area (Å²) in [6.07, 6.45) is 3.28. The van der Waals surface area contributed by atoms with Crippen LogP contribution in [0.25, 0.3) is 0 Å². The van der Waals surface area contributed by atoms with Crippen LogP contribution in [0.3, 0.4) is 0 Å². The third-order valence-corrected chi connectivity index (χ3v) is 3.33. The Morgan fingerprint density at radius 1 is 1.25 bits per heavy atom. The lowest BCUT2D eigenvalue weighted by Crippen LogP contribution is -2.26. The summed E-state index contributed by atoms with van der Waals surface area (Å²) in [6.45, 7) is 7.78. The van der Waals surface area contributed by atoms with Crippen molar-refractivity contribution in [3.63, 3.8) is 0 Å². The second-order valence-electron chi connectivity index (χ2n) is 4.52. The zero-order chi connectivity index (χ0) is 14.7. The molecule has 3 N–H and O–H groups in total. The molecular formula is C13H20N6O. The Labute approximate surface area is 117 Å². The highest BCUT2D eigenvalue weighted by molar-refractivity contribution is 5.97. The standard InChI is InChI=1S/C13H20N6O/c1-4-18-9(3)10(7-16-18)6-15-13(20)12-11(14)8-17-19(12)5-2/h7-8H,4-6,14H2,1-3H3,(H,15,20). The summed E-state index contributed by atoms with van der Waals surface area (Å²) in [5, 5.41) is 11.2. The van der Waals surface area contributed by atoms with Gasteiger partial charge < -0.3 is 11.1 Å². The first kappa shape index (κ1) is 14.1. The molecule has 0 aromatic carbocycles. The largest absolute Gasteiger partial charge is 0.396 e. The summed E-state index contributed by atoms with van der Waals surface area (Å²) in [5.41, 5.74) is 8.65. The first-order chi connectivity index (χ1) is 9.58. The molecule has 2 heterocycles. The Hall–Kier alpha value is -2.31. The molecule has 20 heavy (non-hydrogen) atoms. The van der Waals surface area contributed by atoms with Gasteiger partial charge in [-0.1, -0.05) is 0 Å². The van der Waals surface area contributed by atoms with E-state index in [4.69, 9.17) is 5.73 Å². The average molecular weight is 276 g/mol. The van der Waals surface area contributed by atoms with E-state index in [9.17, 15) is 4.79 Å². The van der Waals surface area contributed by atoms with E-state index in [1.165, 1.54) is 6.20 Å². The number of amides is 1. The predicted molar refractivity (Wildman–Crippen MR) is 76.1 cm³/mol. The first-order valence-electron chi connectivity index (χ1n) is 6.69. The second-order valence-corrected chi connectivity index (χ2v) is 4.52. The number of nitrogens with one attached hydrogen (secondary N) is 1. The second kappa shape index (κ2) is 5.77. The van der Waals surface area contributed by atoms with E-state index in [2.05, 4.69) is 15.5 Å². The number of nitrogens with zero attached hydrogens (tertiary/aromatic N) is 4. The monoisotopic (exact) mass is 276 g/mol. The van der Waals surface area contributed by atoms with Gasteiger partial charge in [-0.05, 0) is 20.8 Å². The molecule has 0 fully saturated rings. The van der Waals surface area contributed by atoms with Crippen molar-refractivity contribution in [2.75, 3.05) is 5.73 Å². The number of carbonyl (C=O) groups excluding carboxylic acids is 1. The molecule has 2 aromatic heterocycles. The number of hydrogen-bond acceptors (Lipinski definition) is 4. The molecule has 2 aromatic rings. The lowest BCUT2D eigenvalue weighted by molar-refractivity contribution is 0.0941. The van der Waals surface area contributed by atoms with Crippen molar-refractivity contribution in [2.24, 2.45) is 0 Å². The Kier molecular flexibility index (Phi) is 4.07. The topological polar surface area (TPSA) is 90.8 Å². The summed E-state index contributed by atoms with van der Waals surface area (Å²) >= 11 is 0. The van der Waals surface area contributed by atoms with Crippen molar-refractivity contribution in [1.29, 1.82) is 0 Å². The molecule has 1 amide bonds. The molecule has 0 saturated carbocycles. The van der Waals surface area contributed by atoms with Crippen LogP contribution in [0.4, 0.5) is 5.69 Å². The smallest absolute Gasteiger partial charge is 0.271 e. The number of aryl methyl sites for hydroxylation is 2. The maximum absolute atomic E-state index is 12.2. The van der Waals surface area contributed by atoms with Crippen LogP contribution in [0.1, 0.15) is 35.6 Å². The molecule has 0 saturated heterocycles. The maximum Gasteiger partial charge on any atom is 0.271 e. The molecule has 0 radical (unpaired) electrons. The number of nitrogens with two attached hydrogens (primary N) is 1. The van der Waals surface area contributed by atoms with Gasteiger partial charge in [0.05, 0.1) is 18.1 Å². The van der Waals surface area contributed by atoms with Crippen molar-refractivity contribution >= 4 is 11.6 Å². The van der Waals surface area contributed by atoms with Gasteiger partial charge in [-0.15, -0.1) is 0 Å². The molecule has 0 atom stereocenters. The fraction of sp³-hybridized carbons (Fsp3) is 0.462. The molecule has 2 rings (SSSR count). The van der Waals surface area contributed by atoms with Crippen LogP contribution < -0.4 is 11.1 Å². The van der Waals surface area contributed by atoms with Crippen LogP contribution in [0, 0.1) is 6.92 Å². The fourth-order valence-corrected chi connectivity index (χ4v) is 2.12. The van der Waals surface area contributed by atoms with Gasteiger partial charge in [-0.25, -0.2) is 0 Å². The van der Waals surface area contributed by atoms with E-state index in [1.807, 2.05) is 25.5 Å². The number of anilines is 1. The van der Waals surface area contributed by atoms with Crippen molar-refractivity contribution in [3.8, 4) is 0 Å². The molecule has 0 spiro atoms. The third-order valence-electron chi connectivity index (χ3n) is 3.33. The molecule has 7 heteroatoms. The highest BCUT2D eigenvalue weighted by atomic mass is 16.2. The number of hydrogen-bond donors (Lipinski definition) is 2. The Morgan fingerprint density at radius 2 is 1.90 bits per heavy atom. The third kappa shape index (κ3) is 2.52. The fourth-order valence-electron chi connectivity index (χ4n) is 2.12. The highest BCUT2D eigenvalue weighted by Gasteiger charge is 2.16. The predicted octanol–water partition coefficient (Wildman–Crippen LogP) is 0.940. The van der Waals surface area contributed by atoms with Crippen LogP contribution in [0.5, 0.6) is 0 Å². The van der Waals surface area contributed by atoms with Crippen molar-refractivity contribution < 1.29 is 4.79 Å². The SMILES string of the molecule is CCn1ncc(CNC(=O)c2c(N)cnn2CC)c1C. The van der Waals surface area contributed by atoms with Crippen molar-refractivity contribution in [2.45, 2.75) is 40.4 Å². The van der Waals surface area contributed by atoms with Gasteiger partial charge in [0.25, 0.3) is 5.91 Å². The van der Waals surface area contributed by atoms with Gasteiger partial charge in [-0.2, -0.15) is 10.2 Å². The highest BCUT2D eigenvalue weighted by Crippen LogP contribution is 2.12. The summed E-state index contributed by atoms with van der Waals surface area (Å²) in [6, 6.07) is 0. The molecule has 0 bridgehead atoms. The minimum absolute atomic E-state index is 0.217. The minimum Gasteiger partial charge on any atom is -0.396 e.